The van der Waals surface area contributed by atoms with Gasteiger partial charge in [0.25, 0.3) is 5.91 Å². The topological polar surface area (TPSA) is 108 Å². The third-order valence-electron chi connectivity index (χ3n) is 6.18. The molecule has 9 nitrogen and oxygen atoms in total. The van der Waals surface area contributed by atoms with Crippen molar-refractivity contribution < 1.29 is 14.4 Å². The number of amides is 3. The Morgan fingerprint density at radius 3 is 1.97 bits per heavy atom. The van der Waals surface area contributed by atoms with Crippen LogP contribution in [0, 0.1) is 5.41 Å². The van der Waals surface area contributed by atoms with E-state index < -0.39 is 5.41 Å². The molecular formula is C29H36N6O3. The smallest absolute Gasteiger partial charge is 0.253 e. The molecule has 1 saturated heterocycles. The summed E-state index contributed by atoms with van der Waals surface area (Å²) in [7, 11) is 0. The number of piperazine rings is 1. The van der Waals surface area contributed by atoms with Gasteiger partial charge >= 0.3 is 0 Å². The molecule has 0 unspecified atom stereocenters. The van der Waals surface area contributed by atoms with Crippen LogP contribution in [0.3, 0.4) is 0 Å². The van der Waals surface area contributed by atoms with Gasteiger partial charge in [-0.15, -0.1) is 0 Å². The van der Waals surface area contributed by atoms with Crippen LogP contribution in [0.1, 0.15) is 45.5 Å². The Balaban J connectivity index is 0.00000400. The molecule has 3 aromatic rings. The SMILES string of the molecule is C.CC(=O)N1CCN(C(=O)c2ccc(Nc3nccc(-c4ccc(NC(=O)C(C)(C)C)cc4)n3)cc2)CC1. The third-order valence-corrected chi connectivity index (χ3v) is 6.18. The van der Waals surface area contributed by atoms with E-state index in [1.165, 1.54) is 0 Å². The van der Waals surface area contributed by atoms with Gasteiger partial charge < -0.3 is 20.4 Å². The molecule has 1 aromatic heterocycles. The summed E-state index contributed by atoms with van der Waals surface area (Å²) in [6.07, 6.45) is 1.68. The van der Waals surface area contributed by atoms with Gasteiger partial charge in [0.05, 0.1) is 5.69 Å². The molecule has 2 N–H and O–H groups in total. The molecule has 0 spiro atoms. The molecule has 4 rings (SSSR count). The van der Waals surface area contributed by atoms with Gasteiger partial charge in [-0.25, -0.2) is 9.97 Å². The van der Waals surface area contributed by atoms with E-state index in [0.29, 0.717) is 37.7 Å². The lowest BCUT2D eigenvalue weighted by Crippen LogP contribution is -2.50. The van der Waals surface area contributed by atoms with E-state index in [0.717, 1.165) is 22.6 Å². The molecule has 2 heterocycles. The van der Waals surface area contributed by atoms with Gasteiger partial charge in [0.2, 0.25) is 17.8 Å². The number of hydrogen-bond acceptors (Lipinski definition) is 6. The first-order valence-corrected chi connectivity index (χ1v) is 12.3. The van der Waals surface area contributed by atoms with Crippen molar-refractivity contribution in [2.45, 2.75) is 35.1 Å². The Hall–Kier alpha value is -4.27. The lowest BCUT2D eigenvalue weighted by molar-refractivity contribution is -0.130. The molecule has 0 atom stereocenters. The second kappa shape index (κ2) is 11.9. The Bertz CT molecular complexity index is 1270. The quantitative estimate of drug-likeness (QED) is 0.504. The minimum atomic E-state index is -0.469. The van der Waals surface area contributed by atoms with Crippen molar-refractivity contribution in [3.8, 4) is 11.3 Å². The van der Waals surface area contributed by atoms with Crippen LogP contribution in [0.15, 0.2) is 60.8 Å². The zero-order valence-electron chi connectivity index (χ0n) is 21.6. The lowest BCUT2D eigenvalue weighted by atomic mass is 9.95. The van der Waals surface area contributed by atoms with Gasteiger partial charge in [-0.1, -0.05) is 40.3 Å². The van der Waals surface area contributed by atoms with Gasteiger partial charge in [0.1, 0.15) is 0 Å². The van der Waals surface area contributed by atoms with Gasteiger partial charge in [-0.3, -0.25) is 14.4 Å². The molecule has 2 aromatic carbocycles. The van der Waals surface area contributed by atoms with Gasteiger partial charge in [-0.05, 0) is 42.5 Å². The zero-order chi connectivity index (χ0) is 26.6. The first-order chi connectivity index (χ1) is 17.6. The van der Waals surface area contributed by atoms with Crippen LogP contribution >= 0.6 is 0 Å². The predicted molar refractivity (Wildman–Crippen MR) is 150 cm³/mol. The second-order valence-corrected chi connectivity index (χ2v) is 10.0. The summed E-state index contributed by atoms with van der Waals surface area (Å²) in [6, 6.07) is 16.5. The zero-order valence-corrected chi connectivity index (χ0v) is 21.6. The first kappa shape index (κ1) is 28.3. The fourth-order valence-electron chi connectivity index (χ4n) is 3.85. The molecule has 3 amide bonds. The van der Waals surface area contributed by atoms with Gasteiger partial charge in [-0.2, -0.15) is 0 Å². The van der Waals surface area contributed by atoms with Crippen LogP contribution in [-0.4, -0.2) is 63.7 Å². The van der Waals surface area contributed by atoms with Crippen LogP contribution in [-0.2, 0) is 9.59 Å². The minimum absolute atomic E-state index is 0. The summed E-state index contributed by atoms with van der Waals surface area (Å²) < 4.78 is 0. The Morgan fingerprint density at radius 2 is 1.39 bits per heavy atom. The average Bonchev–Trinajstić information content (AvgIpc) is 2.89. The summed E-state index contributed by atoms with van der Waals surface area (Å²) in [6.45, 7) is 9.34. The van der Waals surface area contributed by atoms with E-state index in [-0.39, 0.29) is 25.1 Å². The highest BCUT2D eigenvalue weighted by Gasteiger charge is 2.23. The van der Waals surface area contributed by atoms with Crippen molar-refractivity contribution >= 4 is 35.0 Å². The molecule has 1 aliphatic rings. The summed E-state index contributed by atoms with van der Waals surface area (Å²) >= 11 is 0. The standard InChI is InChI=1S/C28H32N6O3.CH4/c1-19(35)33-15-17-34(18-16-33)25(36)21-7-11-23(12-8-21)31-27-29-14-13-24(32-27)20-5-9-22(10-6-20)30-26(37)28(2,3)4;/h5-14H,15-18H2,1-4H3,(H,30,37)(H,29,31,32);1H4. The molecule has 1 fully saturated rings. The van der Waals surface area contributed by atoms with E-state index in [1.807, 2.05) is 63.2 Å². The molecule has 0 saturated carbocycles. The van der Waals surface area contributed by atoms with E-state index >= 15 is 0 Å². The summed E-state index contributed by atoms with van der Waals surface area (Å²) in [5.41, 5.74) is 3.24. The van der Waals surface area contributed by atoms with Crippen LogP contribution in [0.25, 0.3) is 11.3 Å². The van der Waals surface area contributed by atoms with E-state index in [4.69, 9.17) is 0 Å². The van der Waals surface area contributed by atoms with E-state index in [2.05, 4.69) is 20.6 Å². The van der Waals surface area contributed by atoms with Crippen molar-refractivity contribution in [3.05, 3.63) is 66.4 Å². The number of carbonyl (C=O) groups excluding carboxylic acids is 3. The minimum Gasteiger partial charge on any atom is -0.339 e. The average molecular weight is 517 g/mol. The molecule has 0 aliphatic carbocycles. The third kappa shape index (κ3) is 6.94. The number of carbonyl (C=O) groups is 3. The molecule has 1 aliphatic heterocycles. The Kier molecular flexibility index (Phi) is 8.83. The predicted octanol–water partition coefficient (Wildman–Crippen LogP) is 4.81. The van der Waals surface area contributed by atoms with Crippen molar-refractivity contribution in [1.82, 2.24) is 19.8 Å². The highest BCUT2D eigenvalue weighted by atomic mass is 16.2. The van der Waals surface area contributed by atoms with Crippen molar-refractivity contribution in [2.24, 2.45) is 5.41 Å². The normalized spacial score (nSPS) is 13.4. The van der Waals surface area contributed by atoms with Crippen molar-refractivity contribution in [2.75, 3.05) is 36.8 Å². The highest BCUT2D eigenvalue weighted by molar-refractivity contribution is 5.95. The molecule has 38 heavy (non-hydrogen) atoms. The fraction of sp³-hybridized carbons (Fsp3) is 0.345. The maximum atomic E-state index is 12.8. The summed E-state index contributed by atoms with van der Waals surface area (Å²) in [4.78, 5) is 49.0. The second-order valence-electron chi connectivity index (χ2n) is 10.0. The monoisotopic (exact) mass is 516 g/mol. The number of rotatable bonds is 5. The van der Waals surface area contributed by atoms with Crippen LogP contribution in [0.2, 0.25) is 0 Å². The largest absolute Gasteiger partial charge is 0.339 e. The lowest BCUT2D eigenvalue weighted by Gasteiger charge is -2.34. The Morgan fingerprint density at radius 1 is 0.816 bits per heavy atom. The highest BCUT2D eigenvalue weighted by Crippen LogP contribution is 2.23. The number of hydrogen-bond donors (Lipinski definition) is 2. The molecule has 9 heteroatoms. The maximum Gasteiger partial charge on any atom is 0.253 e. The number of nitrogens with zero attached hydrogens (tertiary/aromatic N) is 4. The van der Waals surface area contributed by atoms with Crippen LogP contribution < -0.4 is 10.6 Å². The summed E-state index contributed by atoms with van der Waals surface area (Å²) in [5, 5.41) is 6.10. The van der Waals surface area contributed by atoms with Crippen molar-refractivity contribution in [1.29, 1.82) is 0 Å². The first-order valence-electron chi connectivity index (χ1n) is 12.3. The van der Waals surface area contributed by atoms with E-state index in [9.17, 15) is 14.4 Å². The van der Waals surface area contributed by atoms with Crippen molar-refractivity contribution in [3.63, 3.8) is 0 Å². The molecule has 0 bridgehead atoms. The number of benzene rings is 2. The van der Waals surface area contributed by atoms with Gasteiger partial charge in [0.15, 0.2) is 0 Å². The number of anilines is 3. The fourth-order valence-corrected chi connectivity index (χ4v) is 3.85. The molecule has 200 valence electrons. The number of aromatic nitrogens is 2. The van der Waals surface area contributed by atoms with Crippen LogP contribution in [0.5, 0.6) is 0 Å². The summed E-state index contributed by atoms with van der Waals surface area (Å²) in [5.74, 6) is 0.379. The van der Waals surface area contributed by atoms with Crippen LogP contribution in [0.4, 0.5) is 17.3 Å². The molecular weight excluding hydrogens is 480 g/mol. The maximum absolute atomic E-state index is 12.8. The Labute approximate surface area is 224 Å². The van der Waals surface area contributed by atoms with E-state index in [1.54, 1.807) is 35.1 Å². The van der Waals surface area contributed by atoms with Gasteiger partial charge in [0, 0.05) is 67.2 Å². The number of nitrogens with one attached hydrogen (secondary N) is 2. The molecule has 0 radical (unpaired) electrons.